The molecule has 0 radical (unpaired) electrons. The highest BCUT2D eigenvalue weighted by Crippen LogP contribution is 2.38. The fourth-order valence-electron chi connectivity index (χ4n) is 3.79. The predicted molar refractivity (Wildman–Crippen MR) is 130 cm³/mol. The second-order valence-electron chi connectivity index (χ2n) is 7.61. The third kappa shape index (κ3) is 9.08. The van der Waals surface area contributed by atoms with Crippen molar-refractivity contribution in [1.82, 2.24) is 10.6 Å². The standard InChI is InChI=1S/C20H34N4O3S.HI/c1-3-21-19(23-16-20(13-14-25)11-7-4-8-12-20)22-15-17-9-5-6-10-18(17)24-28(2,26)27;/h5-6,9-10,24-25H,3-4,7-8,11-16H2,1-2H3,(H2,21,22,23);1H. The molecule has 1 fully saturated rings. The van der Waals surface area contributed by atoms with Crippen molar-refractivity contribution in [2.75, 3.05) is 30.7 Å². The van der Waals surface area contributed by atoms with Gasteiger partial charge in [0, 0.05) is 19.7 Å². The van der Waals surface area contributed by atoms with Crippen molar-refractivity contribution in [3.05, 3.63) is 29.8 Å². The molecule has 0 heterocycles. The molecular weight excluding hydrogens is 503 g/mol. The topological polar surface area (TPSA) is 103 Å². The minimum absolute atomic E-state index is 0. The van der Waals surface area contributed by atoms with E-state index in [-0.39, 0.29) is 36.0 Å². The molecule has 0 unspecified atom stereocenters. The lowest BCUT2D eigenvalue weighted by Crippen LogP contribution is -2.45. The Hall–Kier alpha value is -1.07. The number of guanidine groups is 1. The molecule has 1 aromatic carbocycles. The fraction of sp³-hybridized carbons (Fsp3) is 0.650. The van der Waals surface area contributed by atoms with E-state index in [1.54, 1.807) is 12.1 Å². The summed E-state index contributed by atoms with van der Waals surface area (Å²) in [4.78, 5) is 4.65. The van der Waals surface area contributed by atoms with Crippen LogP contribution in [0.25, 0.3) is 0 Å². The molecule has 7 nitrogen and oxygen atoms in total. The molecule has 2 rings (SSSR count). The van der Waals surface area contributed by atoms with Crippen molar-refractivity contribution >= 4 is 45.6 Å². The van der Waals surface area contributed by atoms with Crippen LogP contribution in [0.15, 0.2) is 29.3 Å². The van der Waals surface area contributed by atoms with Crippen LogP contribution in [0.4, 0.5) is 5.69 Å². The molecule has 1 aliphatic carbocycles. The number of aliphatic hydroxyl groups is 1. The predicted octanol–water partition coefficient (Wildman–Crippen LogP) is 3.06. The summed E-state index contributed by atoms with van der Waals surface area (Å²) in [5.74, 6) is 0.708. The van der Waals surface area contributed by atoms with Gasteiger partial charge in [0.1, 0.15) is 0 Å². The molecule has 0 atom stereocenters. The highest BCUT2D eigenvalue weighted by molar-refractivity contribution is 14.0. The quantitative estimate of drug-likeness (QED) is 0.220. The van der Waals surface area contributed by atoms with Gasteiger partial charge < -0.3 is 15.7 Å². The van der Waals surface area contributed by atoms with Crippen LogP contribution in [-0.2, 0) is 16.6 Å². The maximum absolute atomic E-state index is 11.6. The Morgan fingerprint density at radius 2 is 1.86 bits per heavy atom. The van der Waals surface area contributed by atoms with Crippen LogP contribution in [0.5, 0.6) is 0 Å². The lowest BCUT2D eigenvalue weighted by atomic mass is 9.72. The summed E-state index contributed by atoms with van der Waals surface area (Å²) in [6.07, 6.45) is 7.89. The number of halogens is 1. The summed E-state index contributed by atoms with van der Waals surface area (Å²) < 4.78 is 25.7. The molecule has 1 aromatic rings. The smallest absolute Gasteiger partial charge is 0.229 e. The first-order valence-corrected chi connectivity index (χ1v) is 12.0. The summed E-state index contributed by atoms with van der Waals surface area (Å²) in [5, 5.41) is 16.2. The van der Waals surface area contributed by atoms with Crippen molar-refractivity contribution in [1.29, 1.82) is 0 Å². The van der Waals surface area contributed by atoms with Crippen molar-refractivity contribution in [2.45, 2.75) is 52.0 Å². The van der Waals surface area contributed by atoms with Gasteiger partial charge in [0.25, 0.3) is 0 Å². The van der Waals surface area contributed by atoms with Crippen molar-refractivity contribution in [3.8, 4) is 0 Å². The Morgan fingerprint density at radius 3 is 2.48 bits per heavy atom. The summed E-state index contributed by atoms with van der Waals surface area (Å²) in [5.41, 5.74) is 1.49. The molecule has 4 N–H and O–H groups in total. The van der Waals surface area contributed by atoms with E-state index in [1.807, 2.05) is 19.1 Å². The zero-order valence-corrected chi connectivity index (χ0v) is 20.6. The van der Waals surface area contributed by atoms with Crippen LogP contribution in [0.3, 0.4) is 0 Å². The summed E-state index contributed by atoms with van der Waals surface area (Å²) in [6.45, 7) is 4.10. The van der Waals surface area contributed by atoms with Crippen LogP contribution in [0.2, 0.25) is 0 Å². The first-order chi connectivity index (χ1) is 13.4. The van der Waals surface area contributed by atoms with E-state index in [9.17, 15) is 13.5 Å². The number of nitrogens with one attached hydrogen (secondary N) is 3. The molecule has 166 valence electrons. The second-order valence-corrected chi connectivity index (χ2v) is 9.36. The van der Waals surface area contributed by atoms with E-state index in [2.05, 4.69) is 20.3 Å². The van der Waals surface area contributed by atoms with Crippen LogP contribution in [0.1, 0.15) is 51.0 Å². The molecule has 0 amide bonds. The Bertz CT molecular complexity index is 744. The van der Waals surface area contributed by atoms with Gasteiger partial charge in [-0.1, -0.05) is 37.5 Å². The van der Waals surface area contributed by atoms with Crippen LogP contribution < -0.4 is 15.4 Å². The maximum Gasteiger partial charge on any atom is 0.229 e. The monoisotopic (exact) mass is 538 g/mol. The fourth-order valence-corrected chi connectivity index (χ4v) is 4.39. The van der Waals surface area contributed by atoms with Gasteiger partial charge in [-0.15, -0.1) is 24.0 Å². The maximum atomic E-state index is 11.6. The van der Waals surface area contributed by atoms with Gasteiger partial charge in [0.2, 0.25) is 10.0 Å². The van der Waals surface area contributed by atoms with E-state index >= 15 is 0 Å². The lowest BCUT2D eigenvalue weighted by Gasteiger charge is -2.37. The van der Waals surface area contributed by atoms with Gasteiger partial charge >= 0.3 is 0 Å². The number of anilines is 1. The van der Waals surface area contributed by atoms with E-state index in [4.69, 9.17) is 0 Å². The normalized spacial score (nSPS) is 16.6. The average molecular weight is 538 g/mol. The number of benzene rings is 1. The number of rotatable bonds is 9. The molecule has 0 spiro atoms. The highest BCUT2D eigenvalue weighted by Gasteiger charge is 2.31. The number of hydrogen-bond donors (Lipinski definition) is 4. The van der Waals surface area contributed by atoms with Crippen molar-refractivity contribution in [3.63, 3.8) is 0 Å². The number of aliphatic hydroxyl groups excluding tert-OH is 1. The molecule has 0 aliphatic heterocycles. The van der Waals surface area contributed by atoms with Crippen LogP contribution in [-0.4, -0.2) is 45.4 Å². The van der Waals surface area contributed by atoms with Gasteiger partial charge in [0.15, 0.2) is 5.96 Å². The van der Waals surface area contributed by atoms with Crippen molar-refractivity contribution in [2.24, 2.45) is 10.4 Å². The third-order valence-electron chi connectivity index (χ3n) is 5.25. The second kappa shape index (κ2) is 12.6. The summed E-state index contributed by atoms with van der Waals surface area (Å²) >= 11 is 0. The average Bonchev–Trinajstić information content (AvgIpc) is 2.65. The Balaban J connectivity index is 0.00000420. The SMILES string of the molecule is CCNC(=NCc1ccccc1NS(C)(=O)=O)NCC1(CCO)CCCCC1.I. The number of sulfonamides is 1. The van der Waals surface area contributed by atoms with E-state index < -0.39 is 10.0 Å². The largest absolute Gasteiger partial charge is 0.396 e. The Labute approximate surface area is 192 Å². The van der Waals surface area contributed by atoms with Crippen molar-refractivity contribution < 1.29 is 13.5 Å². The Morgan fingerprint density at radius 1 is 1.17 bits per heavy atom. The molecule has 29 heavy (non-hydrogen) atoms. The van der Waals surface area contributed by atoms with Gasteiger partial charge in [0.05, 0.1) is 18.5 Å². The first kappa shape index (κ1) is 26.0. The van der Waals surface area contributed by atoms with E-state index in [0.29, 0.717) is 18.2 Å². The zero-order chi connectivity index (χ0) is 20.5. The molecule has 0 bridgehead atoms. The molecule has 1 saturated carbocycles. The number of para-hydroxylation sites is 1. The van der Waals surface area contributed by atoms with E-state index in [0.717, 1.165) is 44.2 Å². The molecule has 0 saturated heterocycles. The van der Waals surface area contributed by atoms with E-state index in [1.165, 1.54) is 19.3 Å². The van der Waals surface area contributed by atoms with Gasteiger partial charge in [-0.05, 0) is 43.2 Å². The van der Waals surface area contributed by atoms with Crippen LogP contribution >= 0.6 is 24.0 Å². The Kier molecular flexibility index (Phi) is 11.3. The molecule has 0 aromatic heterocycles. The molecule has 9 heteroatoms. The zero-order valence-electron chi connectivity index (χ0n) is 17.4. The minimum Gasteiger partial charge on any atom is -0.396 e. The molecule has 1 aliphatic rings. The number of nitrogens with zero attached hydrogens (tertiary/aromatic N) is 1. The minimum atomic E-state index is -3.34. The third-order valence-corrected chi connectivity index (χ3v) is 5.84. The van der Waals surface area contributed by atoms with Gasteiger partial charge in [-0.25, -0.2) is 13.4 Å². The van der Waals surface area contributed by atoms with Gasteiger partial charge in [-0.3, -0.25) is 4.72 Å². The summed E-state index contributed by atoms with van der Waals surface area (Å²) in [6, 6.07) is 7.28. The first-order valence-electron chi connectivity index (χ1n) is 10.1. The van der Waals surface area contributed by atoms with Crippen LogP contribution in [0, 0.1) is 5.41 Å². The lowest BCUT2D eigenvalue weighted by molar-refractivity contribution is 0.131. The number of aliphatic imine (C=N–C) groups is 1. The highest BCUT2D eigenvalue weighted by atomic mass is 127. The summed E-state index contributed by atoms with van der Waals surface area (Å²) in [7, 11) is -3.34. The van der Waals surface area contributed by atoms with Gasteiger partial charge in [-0.2, -0.15) is 0 Å². The molecular formula is C20H35IN4O3S. The number of hydrogen-bond acceptors (Lipinski definition) is 4.